The Labute approximate surface area is 313 Å². The Bertz CT molecular complexity index is 3030. The fraction of sp³-hybridized carbons (Fsp3) is 0.0909. The van der Waals surface area contributed by atoms with Crippen LogP contribution in [-0.4, -0.2) is 28.7 Å². The standard InChI is InChI=1S/C44H30N6O.Pt/c1-25-7-5-8-26(2)40(25)37-16-15-33-31-13-11-30(22-35(31)43-47-24-39(50(43)44(33)48-37)41-27(3)9-6-10-28(41)4)51-29-12-14-32-34(21-29)42-46-19-20-49(42)38-17-18-45-23-36(32)38;/h5-20,23-24H,1-4H3;/q-2;+2. The molecule has 0 atom stereocenters. The number of pyridine rings is 4. The van der Waals surface area contributed by atoms with Crippen LogP contribution in [0.1, 0.15) is 22.3 Å². The van der Waals surface area contributed by atoms with Gasteiger partial charge in [-0.25, -0.2) is 4.98 Å². The van der Waals surface area contributed by atoms with Gasteiger partial charge in [0, 0.05) is 59.1 Å². The van der Waals surface area contributed by atoms with E-state index in [0.29, 0.717) is 11.5 Å². The smallest absolute Gasteiger partial charge is 0.497 e. The number of hydrogen-bond donors (Lipinski definition) is 0. The molecule has 6 heterocycles. The van der Waals surface area contributed by atoms with Crippen molar-refractivity contribution in [3.63, 3.8) is 0 Å². The van der Waals surface area contributed by atoms with Crippen LogP contribution in [0.15, 0.2) is 110 Å². The predicted molar refractivity (Wildman–Crippen MR) is 204 cm³/mol. The molecule has 7 nitrogen and oxygen atoms in total. The first-order valence-corrected chi connectivity index (χ1v) is 17.0. The van der Waals surface area contributed by atoms with Gasteiger partial charge in [-0.2, -0.15) is 0 Å². The maximum atomic E-state index is 6.51. The minimum Gasteiger partial charge on any atom is -0.497 e. The number of nitrogens with zero attached hydrogens (tertiary/aromatic N) is 6. The minimum atomic E-state index is 0. The minimum absolute atomic E-state index is 0. The molecule has 10 aromatic rings. The van der Waals surface area contributed by atoms with Crippen molar-refractivity contribution in [2.75, 3.05) is 0 Å². The molecule has 252 valence electrons. The zero-order valence-electron chi connectivity index (χ0n) is 28.8. The van der Waals surface area contributed by atoms with Crippen LogP contribution in [0.4, 0.5) is 0 Å². The van der Waals surface area contributed by atoms with Gasteiger partial charge in [-0.05, 0) is 72.9 Å². The molecule has 0 fully saturated rings. The number of ether oxygens (including phenoxy) is 1. The molecular formula is C44H30N6OPt. The van der Waals surface area contributed by atoms with Crippen LogP contribution in [0.2, 0.25) is 0 Å². The van der Waals surface area contributed by atoms with E-state index >= 15 is 0 Å². The van der Waals surface area contributed by atoms with Crippen LogP contribution in [0.25, 0.3) is 77.3 Å². The fourth-order valence-electron chi connectivity index (χ4n) is 7.80. The Kier molecular flexibility index (Phi) is 7.46. The van der Waals surface area contributed by atoms with Gasteiger partial charge < -0.3 is 13.5 Å². The van der Waals surface area contributed by atoms with Gasteiger partial charge in [-0.15, -0.1) is 12.1 Å². The van der Waals surface area contributed by atoms with Crippen molar-refractivity contribution < 1.29 is 25.8 Å². The van der Waals surface area contributed by atoms with Crippen LogP contribution in [0.5, 0.6) is 11.5 Å². The van der Waals surface area contributed by atoms with Crippen molar-refractivity contribution in [2.24, 2.45) is 0 Å². The number of hydrogen-bond acceptors (Lipinski definition) is 5. The summed E-state index contributed by atoms with van der Waals surface area (Å²) in [4.78, 5) is 19.5. The summed E-state index contributed by atoms with van der Waals surface area (Å²) in [7, 11) is 0. The van der Waals surface area contributed by atoms with Crippen molar-refractivity contribution in [3.05, 3.63) is 144 Å². The zero-order chi connectivity index (χ0) is 34.4. The maximum Gasteiger partial charge on any atom is 2.00 e. The second-order valence-electron chi connectivity index (χ2n) is 13.2. The molecular weight excluding hydrogens is 824 g/mol. The van der Waals surface area contributed by atoms with Crippen molar-refractivity contribution in [1.82, 2.24) is 28.7 Å². The van der Waals surface area contributed by atoms with E-state index in [2.05, 4.69) is 119 Å². The molecule has 6 aromatic heterocycles. The topological polar surface area (TPSA) is 69.6 Å². The maximum absolute atomic E-state index is 6.51. The average molecular weight is 854 g/mol. The van der Waals surface area contributed by atoms with E-state index in [-0.39, 0.29) is 21.1 Å². The van der Waals surface area contributed by atoms with Crippen LogP contribution in [0.3, 0.4) is 0 Å². The van der Waals surface area contributed by atoms with Gasteiger partial charge in [0.25, 0.3) is 0 Å². The summed E-state index contributed by atoms with van der Waals surface area (Å²) in [6.45, 7) is 8.58. The first-order valence-electron chi connectivity index (χ1n) is 17.0. The SMILES string of the molecule is Cc1cccc(C)c1-c1ccc2c3ccc(Oc4[c-]c5c(cc4)c4cnccc4n4ccnc54)[c-]c3c3ncc(-c4c(C)cccc4C)n3c2n1.[Pt+2]. The summed E-state index contributed by atoms with van der Waals surface area (Å²) < 4.78 is 10.8. The second-order valence-corrected chi connectivity index (χ2v) is 13.2. The van der Waals surface area contributed by atoms with E-state index in [1.165, 1.54) is 22.3 Å². The molecule has 0 N–H and O–H groups in total. The van der Waals surface area contributed by atoms with Gasteiger partial charge in [0.2, 0.25) is 0 Å². The third-order valence-electron chi connectivity index (χ3n) is 10.1. The Balaban J connectivity index is 0.00000360. The summed E-state index contributed by atoms with van der Waals surface area (Å²) in [5.74, 6) is 1.14. The summed E-state index contributed by atoms with van der Waals surface area (Å²) in [6.07, 6.45) is 9.41. The molecule has 8 heteroatoms. The number of aromatic nitrogens is 6. The summed E-state index contributed by atoms with van der Waals surface area (Å²) >= 11 is 0. The van der Waals surface area contributed by atoms with Crippen LogP contribution < -0.4 is 4.74 Å². The molecule has 0 aliphatic heterocycles. The average Bonchev–Trinajstić information content (AvgIpc) is 3.81. The monoisotopic (exact) mass is 853 g/mol. The van der Waals surface area contributed by atoms with Crippen molar-refractivity contribution >= 4 is 54.8 Å². The molecule has 0 aliphatic rings. The van der Waals surface area contributed by atoms with Gasteiger partial charge in [-0.1, -0.05) is 88.3 Å². The third kappa shape index (κ3) is 4.76. The molecule has 0 amide bonds. The molecule has 0 bridgehead atoms. The van der Waals surface area contributed by atoms with Crippen LogP contribution in [0, 0.1) is 39.8 Å². The number of benzene rings is 4. The van der Waals surface area contributed by atoms with E-state index < -0.39 is 0 Å². The van der Waals surface area contributed by atoms with E-state index in [1.807, 2.05) is 36.8 Å². The molecule has 0 radical (unpaired) electrons. The summed E-state index contributed by atoms with van der Waals surface area (Å²) in [5, 5.41) is 5.78. The summed E-state index contributed by atoms with van der Waals surface area (Å²) in [5.41, 5.74) is 12.5. The van der Waals surface area contributed by atoms with Gasteiger partial charge in [0.1, 0.15) is 5.65 Å². The molecule has 0 unspecified atom stereocenters. The Morgan fingerprint density at radius 1 is 0.577 bits per heavy atom. The van der Waals surface area contributed by atoms with Crippen molar-refractivity contribution in [1.29, 1.82) is 0 Å². The van der Waals surface area contributed by atoms with E-state index in [0.717, 1.165) is 77.3 Å². The largest absolute Gasteiger partial charge is 2.00 e. The Hall–Kier alpha value is -5.91. The molecule has 4 aromatic carbocycles. The molecule has 0 saturated carbocycles. The van der Waals surface area contributed by atoms with Crippen LogP contribution in [-0.2, 0) is 21.1 Å². The van der Waals surface area contributed by atoms with Gasteiger partial charge in [-0.3, -0.25) is 15.0 Å². The normalized spacial score (nSPS) is 11.7. The molecule has 10 rings (SSSR count). The number of rotatable bonds is 4. The van der Waals surface area contributed by atoms with Crippen molar-refractivity contribution in [3.8, 4) is 34.0 Å². The van der Waals surface area contributed by atoms with E-state index in [1.54, 1.807) is 12.4 Å². The first kappa shape index (κ1) is 32.0. The zero-order valence-corrected chi connectivity index (χ0v) is 31.1. The predicted octanol–water partition coefficient (Wildman–Crippen LogP) is 10.3. The van der Waals surface area contributed by atoms with Gasteiger partial charge in [0.05, 0.1) is 22.7 Å². The van der Waals surface area contributed by atoms with Crippen molar-refractivity contribution in [2.45, 2.75) is 27.7 Å². The number of aryl methyl sites for hydroxylation is 4. The molecule has 52 heavy (non-hydrogen) atoms. The Morgan fingerprint density at radius 2 is 1.21 bits per heavy atom. The second kappa shape index (κ2) is 12.1. The van der Waals surface area contributed by atoms with Gasteiger partial charge in [0.15, 0.2) is 0 Å². The van der Waals surface area contributed by atoms with Crippen LogP contribution >= 0.6 is 0 Å². The van der Waals surface area contributed by atoms with Gasteiger partial charge >= 0.3 is 21.1 Å². The molecule has 0 aliphatic carbocycles. The molecule has 0 spiro atoms. The number of imidazole rings is 2. The van der Waals surface area contributed by atoms with E-state index in [9.17, 15) is 0 Å². The Morgan fingerprint density at radius 3 is 1.92 bits per heavy atom. The first-order chi connectivity index (χ1) is 24.9. The molecule has 0 saturated heterocycles. The number of fused-ring (bicyclic) bond motifs is 12. The third-order valence-corrected chi connectivity index (χ3v) is 10.1. The quantitative estimate of drug-likeness (QED) is 0.130. The summed E-state index contributed by atoms with van der Waals surface area (Å²) in [6, 6.07) is 34.2. The fourth-order valence-corrected chi connectivity index (χ4v) is 7.80. The van der Waals surface area contributed by atoms with E-state index in [4.69, 9.17) is 14.7 Å².